The van der Waals surface area contributed by atoms with E-state index in [1.165, 1.54) is 161 Å². The molecule has 0 heterocycles. The Morgan fingerprint density at radius 3 is 1.19 bits per heavy atom. The first-order valence-electron chi connectivity index (χ1n) is 32.2. The highest BCUT2D eigenvalue weighted by Crippen LogP contribution is 2.38. The summed E-state index contributed by atoms with van der Waals surface area (Å²) in [7, 11) is 1.22. The molecule has 0 aromatic rings. The van der Waals surface area contributed by atoms with E-state index in [4.69, 9.17) is 9.05 Å². The topological polar surface area (TPSA) is 108 Å². The lowest BCUT2D eigenvalue weighted by Gasteiger charge is -2.29. The molecule has 0 radical (unpaired) electrons. The summed E-state index contributed by atoms with van der Waals surface area (Å²) in [6, 6.07) is -0.921. The van der Waals surface area contributed by atoms with Crippen LogP contribution in [0.2, 0.25) is 0 Å². The van der Waals surface area contributed by atoms with Crippen LogP contribution in [0.5, 0.6) is 0 Å². The molecule has 3 atom stereocenters. The Morgan fingerprint density at radius 1 is 0.462 bits per heavy atom. The first kappa shape index (κ1) is 75.2. The van der Waals surface area contributed by atoms with Crippen molar-refractivity contribution < 1.29 is 32.9 Å². The summed E-state index contributed by atoms with van der Waals surface area (Å²) in [6.45, 7) is 4.52. The standard InChI is InChI=1S/C69H123N2O6P/c1-6-8-10-12-14-16-18-20-22-24-26-28-30-32-34-35-37-39-41-43-45-47-49-51-53-55-57-59-61-63-69(73)70-67(66-77-78(74,75)76-65-64-71(3,4)5)68(72)62-60-58-56-54-52-50-48-46-44-42-40-38-36-33-31-29-27-25-23-21-19-17-15-13-11-9-7-2/h8,10,14,16,20,22,26,28,32,34,37,39,44,46,52,54,60,62,67-68,72H,6-7,9,11-13,15,17-19,21,23-25,27,29-31,33,35-36,38,40-43,45,47-51,53,55-59,61,63-66H2,1-5H3,(H-,70,73,74,75)/b10-8-,16-14-,22-20-,28-26-,34-32-,39-37-,46-44+,54-52+,62-60+. The number of phosphoric ester groups is 1. The normalized spacial score (nSPS) is 14.5. The number of carbonyl (C=O) groups is 1. The number of quaternary nitrogens is 1. The van der Waals surface area contributed by atoms with Crippen LogP contribution < -0.4 is 10.2 Å². The van der Waals surface area contributed by atoms with Gasteiger partial charge in [0.2, 0.25) is 5.91 Å². The largest absolute Gasteiger partial charge is 0.756 e. The summed E-state index contributed by atoms with van der Waals surface area (Å²) < 4.78 is 23.4. The number of carbonyl (C=O) groups excluding carboxylic acids is 1. The number of hydrogen-bond acceptors (Lipinski definition) is 6. The number of unbranched alkanes of at least 4 members (excludes halogenated alkanes) is 29. The number of nitrogens with one attached hydrogen (secondary N) is 1. The fourth-order valence-electron chi connectivity index (χ4n) is 8.95. The van der Waals surface area contributed by atoms with Gasteiger partial charge in [-0.25, -0.2) is 0 Å². The predicted octanol–water partition coefficient (Wildman–Crippen LogP) is 19.7. The molecule has 8 nitrogen and oxygen atoms in total. The average Bonchev–Trinajstić information content (AvgIpc) is 3.41. The van der Waals surface area contributed by atoms with E-state index in [9.17, 15) is 19.4 Å². The zero-order valence-corrected chi connectivity index (χ0v) is 52.2. The fraction of sp³-hybridized carbons (Fsp3) is 0.725. The minimum Gasteiger partial charge on any atom is -0.756 e. The molecule has 450 valence electrons. The van der Waals surface area contributed by atoms with E-state index < -0.39 is 26.6 Å². The second-order valence-corrected chi connectivity index (χ2v) is 24.1. The molecule has 0 fully saturated rings. The van der Waals surface area contributed by atoms with Gasteiger partial charge in [-0.1, -0.05) is 277 Å². The fourth-order valence-corrected chi connectivity index (χ4v) is 9.68. The Morgan fingerprint density at radius 2 is 0.795 bits per heavy atom. The van der Waals surface area contributed by atoms with Gasteiger partial charge in [0, 0.05) is 6.42 Å². The number of hydrogen-bond donors (Lipinski definition) is 2. The molecule has 3 unspecified atom stereocenters. The van der Waals surface area contributed by atoms with Crippen LogP contribution >= 0.6 is 7.82 Å². The zero-order chi connectivity index (χ0) is 57.0. The highest BCUT2D eigenvalue weighted by Gasteiger charge is 2.23. The molecule has 0 aliphatic heterocycles. The summed E-state index contributed by atoms with van der Waals surface area (Å²) in [5.41, 5.74) is 0. The Balaban J connectivity index is 4.24. The Labute approximate surface area is 482 Å². The van der Waals surface area contributed by atoms with E-state index >= 15 is 0 Å². The third-order valence-corrected chi connectivity index (χ3v) is 14.9. The SMILES string of the molecule is CC/C=C\C/C=C\C/C=C\C/C=C\C/C=C\C/C=C\CCCCCCCCCCCCC(=O)NC(COP(=O)([O-])OCC[N+](C)(C)C)C(O)/C=C/CC/C=C/CC/C=C/CCCCCCCCCCCCCCCCCCC. The van der Waals surface area contributed by atoms with E-state index in [0.717, 1.165) is 89.9 Å². The Hall–Kier alpha value is -2.84. The quantitative estimate of drug-likeness (QED) is 0.0272. The highest BCUT2D eigenvalue weighted by molar-refractivity contribution is 7.45. The van der Waals surface area contributed by atoms with E-state index in [1.54, 1.807) is 6.08 Å². The summed E-state index contributed by atoms with van der Waals surface area (Å²) in [5.74, 6) is -0.219. The average molecular weight is 1110 g/mol. The minimum absolute atomic E-state index is 0.0150. The van der Waals surface area contributed by atoms with Crippen molar-refractivity contribution in [2.75, 3.05) is 40.9 Å². The second kappa shape index (κ2) is 58.8. The minimum atomic E-state index is -4.62. The van der Waals surface area contributed by atoms with Crippen LogP contribution in [0.3, 0.4) is 0 Å². The van der Waals surface area contributed by atoms with E-state index in [0.29, 0.717) is 17.4 Å². The summed E-state index contributed by atoms with van der Waals surface area (Å²) in [6.07, 6.45) is 86.2. The monoisotopic (exact) mass is 1110 g/mol. The second-order valence-electron chi connectivity index (χ2n) is 22.7. The number of allylic oxidation sites excluding steroid dienone is 17. The number of likely N-dealkylation sites (N-methyl/N-ethyl adjacent to an activating group) is 1. The lowest BCUT2D eigenvalue weighted by Crippen LogP contribution is -2.45. The number of amides is 1. The van der Waals surface area contributed by atoms with Gasteiger partial charge in [0.15, 0.2) is 0 Å². The van der Waals surface area contributed by atoms with Gasteiger partial charge in [-0.2, -0.15) is 0 Å². The van der Waals surface area contributed by atoms with E-state index in [-0.39, 0.29) is 12.5 Å². The van der Waals surface area contributed by atoms with Crippen LogP contribution in [0.4, 0.5) is 0 Å². The van der Waals surface area contributed by atoms with E-state index in [1.807, 2.05) is 27.2 Å². The third-order valence-electron chi connectivity index (χ3n) is 13.9. The number of phosphoric acid groups is 1. The van der Waals surface area contributed by atoms with E-state index in [2.05, 4.69) is 116 Å². The maximum atomic E-state index is 13.0. The van der Waals surface area contributed by atoms with Gasteiger partial charge in [0.1, 0.15) is 13.2 Å². The molecule has 0 bridgehead atoms. The van der Waals surface area contributed by atoms with Crippen molar-refractivity contribution in [1.82, 2.24) is 5.32 Å². The van der Waals surface area contributed by atoms with Gasteiger partial charge in [-0.3, -0.25) is 9.36 Å². The Bertz CT molecular complexity index is 1640. The smallest absolute Gasteiger partial charge is 0.268 e. The van der Waals surface area contributed by atoms with Crippen LogP contribution in [-0.2, 0) is 18.4 Å². The maximum Gasteiger partial charge on any atom is 0.268 e. The zero-order valence-electron chi connectivity index (χ0n) is 51.3. The molecule has 1 amide bonds. The van der Waals surface area contributed by atoms with Crippen molar-refractivity contribution >= 4 is 13.7 Å². The summed E-state index contributed by atoms with van der Waals surface area (Å²) >= 11 is 0. The van der Waals surface area contributed by atoms with Crippen molar-refractivity contribution in [2.45, 2.75) is 283 Å². The van der Waals surface area contributed by atoms with Crippen LogP contribution in [0.25, 0.3) is 0 Å². The number of nitrogens with zero attached hydrogens (tertiary/aromatic N) is 1. The van der Waals surface area contributed by atoms with Gasteiger partial charge in [0.05, 0.1) is 39.9 Å². The molecule has 2 N–H and O–H groups in total. The molecule has 9 heteroatoms. The van der Waals surface area contributed by atoms with Crippen molar-refractivity contribution in [1.29, 1.82) is 0 Å². The number of aliphatic hydroxyl groups is 1. The number of rotatable bonds is 58. The first-order chi connectivity index (χ1) is 38.0. The van der Waals surface area contributed by atoms with Crippen molar-refractivity contribution in [3.63, 3.8) is 0 Å². The maximum absolute atomic E-state index is 13.0. The van der Waals surface area contributed by atoms with Crippen molar-refractivity contribution in [2.24, 2.45) is 0 Å². The molecule has 0 aliphatic carbocycles. The van der Waals surface area contributed by atoms with Crippen LogP contribution in [0.15, 0.2) is 109 Å². The summed E-state index contributed by atoms with van der Waals surface area (Å²) in [5, 5.41) is 13.9. The molecular formula is C69H123N2O6P. The van der Waals surface area contributed by atoms with Gasteiger partial charge in [0.25, 0.3) is 7.82 Å². The van der Waals surface area contributed by atoms with Crippen molar-refractivity contribution in [3.05, 3.63) is 109 Å². The van der Waals surface area contributed by atoms with Crippen LogP contribution in [0, 0.1) is 0 Å². The molecule has 0 spiro atoms. The molecule has 0 rings (SSSR count). The molecule has 0 saturated heterocycles. The lowest BCUT2D eigenvalue weighted by molar-refractivity contribution is -0.870. The molecule has 0 saturated carbocycles. The number of aliphatic hydroxyl groups excluding tert-OH is 1. The van der Waals surface area contributed by atoms with Crippen LogP contribution in [0.1, 0.15) is 271 Å². The molecular weight excluding hydrogens is 984 g/mol. The molecule has 0 aromatic carbocycles. The van der Waals surface area contributed by atoms with Gasteiger partial charge in [-0.15, -0.1) is 0 Å². The van der Waals surface area contributed by atoms with Gasteiger partial charge in [-0.05, 0) is 96.3 Å². The Kier molecular flexibility index (Phi) is 56.7. The first-order valence-corrected chi connectivity index (χ1v) is 33.7. The van der Waals surface area contributed by atoms with Crippen molar-refractivity contribution in [3.8, 4) is 0 Å². The van der Waals surface area contributed by atoms with Crippen LogP contribution in [-0.4, -0.2) is 68.5 Å². The lowest BCUT2D eigenvalue weighted by atomic mass is 10.0. The molecule has 78 heavy (non-hydrogen) atoms. The van der Waals surface area contributed by atoms with Gasteiger partial charge >= 0.3 is 0 Å². The summed E-state index contributed by atoms with van der Waals surface area (Å²) in [4.78, 5) is 25.6. The third kappa shape index (κ3) is 60.8. The molecule has 0 aromatic heterocycles. The highest BCUT2D eigenvalue weighted by atomic mass is 31.2. The van der Waals surface area contributed by atoms with Gasteiger partial charge < -0.3 is 28.8 Å². The predicted molar refractivity (Wildman–Crippen MR) is 339 cm³/mol. The molecule has 0 aliphatic rings.